The molecular weight excluding hydrogens is 395 g/mol. The van der Waals surface area contributed by atoms with Crippen LogP contribution in [0, 0.1) is 0 Å². The first-order valence-corrected chi connectivity index (χ1v) is 8.61. The Kier molecular flexibility index (Phi) is 6.06. The van der Waals surface area contributed by atoms with Gasteiger partial charge in [-0.25, -0.2) is 9.89 Å². The van der Waals surface area contributed by atoms with Crippen LogP contribution in [0.1, 0.15) is 15.9 Å². The van der Waals surface area contributed by atoms with Gasteiger partial charge >= 0.3 is 12.1 Å². The minimum Gasteiger partial charge on any atom is -0.491 e. The number of carbonyl (C=O) groups is 1. The predicted octanol–water partition coefficient (Wildman–Crippen LogP) is 1.86. The lowest BCUT2D eigenvalue weighted by Crippen LogP contribution is -2.50. The van der Waals surface area contributed by atoms with Crippen molar-refractivity contribution in [2.24, 2.45) is 0 Å². The Morgan fingerprint density at radius 3 is 2.93 bits per heavy atom. The summed E-state index contributed by atoms with van der Waals surface area (Å²) in [5.41, 5.74) is -2.68. The second-order valence-electron chi connectivity index (χ2n) is 6.21. The molecule has 1 aromatic carbocycles. The van der Waals surface area contributed by atoms with E-state index in [2.05, 4.69) is 9.84 Å². The average Bonchev–Trinajstić information content (AvgIpc) is 2.71. The van der Waals surface area contributed by atoms with Gasteiger partial charge in [0.05, 0.1) is 43.8 Å². The molecule has 0 radical (unpaired) electrons. The third-order valence-corrected chi connectivity index (χ3v) is 4.35. The molecule has 0 spiro atoms. The van der Waals surface area contributed by atoms with Gasteiger partial charge in [-0.3, -0.25) is 4.79 Å². The van der Waals surface area contributed by atoms with Gasteiger partial charge in [0.2, 0.25) is 0 Å². The molecule has 1 N–H and O–H groups in total. The van der Waals surface area contributed by atoms with E-state index in [0.29, 0.717) is 5.75 Å². The maximum Gasteiger partial charge on any atom is 0.423 e. The number of hydrogen-bond donors (Lipinski definition) is 1. The number of aromatic nitrogens is 2. The van der Waals surface area contributed by atoms with Crippen molar-refractivity contribution in [3.05, 3.63) is 51.9 Å². The molecule has 1 aliphatic heterocycles. The summed E-state index contributed by atoms with van der Waals surface area (Å²) in [5, 5.41) is 5.34. The van der Waals surface area contributed by atoms with Gasteiger partial charge in [-0.15, -0.1) is 0 Å². The van der Waals surface area contributed by atoms with Crippen LogP contribution in [-0.4, -0.2) is 55.7 Å². The van der Waals surface area contributed by atoms with Gasteiger partial charge in [-0.1, -0.05) is 6.07 Å². The highest BCUT2D eigenvalue weighted by Gasteiger charge is 2.40. The first-order valence-electron chi connectivity index (χ1n) is 8.61. The quantitative estimate of drug-likeness (QED) is 0.748. The van der Waals surface area contributed by atoms with Gasteiger partial charge in [-0.05, 0) is 18.2 Å². The summed E-state index contributed by atoms with van der Waals surface area (Å²) in [6, 6.07) is 5.62. The number of morpholine rings is 1. The molecule has 0 saturated carbocycles. The van der Waals surface area contributed by atoms with E-state index in [1.807, 2.05) is 5.10 Å². The summed E-state index contributed by atoms with van der Waals surface area (Å²) in [6.07, 6.45) is -3.87. The molecule has 3 rings (SSSR count). The highest BCUT2D eigenvalue weighted by Crippen LogP contribution is 2.34. The molecule has 1 aliphatic rings. The Hall–Kier alpha value is -3.08. The van der Waals surface area contributed by atoms with Crippen LogP contribution in [0.5, 0.6) is 5.75 Å². The molecule has 0 bridgehead atoms. The van der Waals surface area contributed by atoms with Crippen LogP contribution < -0.4 is 15.2 Å². The number of hydrogen-bond acceptors (Lipinski definition) is 7. The molecule has 156 valence electrons. The van der Waals surface area contributed by atoms with Crippen LogP contribution in [0.4, 0.5) is 18.9 Å². The molecule has 0 amide bonds. The molecule has 2 aromatic rings. The Bertz CT molecular complexity index is 931. The fourth-order valence-corrected chi connectivity index (χ4v) is 3.01. The predicted molar refractivity (Wildman–Crippen MR) is 95.1 cm³/mol. The molecule has 0 aliphatic carbocycles. The number of esters is 1. The molecule has 1 aromatic heterocycles. The maximum atomic E-state index is 13.4. The third-order valence-electron chi connectivity index (χ3n) is 4.35. The number of anilines is 1. The minimum atomic E-state index is -4.84. The lowest BCUT2D eigenvalue weighted by molar-refractivity contribution is -0.138. The highest BCUT2D eigenvalue weighted by atomic mass is 19.4. The standard InChI is InChI=1S/C18H18F3N3O5/c1-27-17(26)11-3-2-4-13(7-11)29-10-12-9-28-6-5-24(12)14-8-22-23-16(25)15(14)18(19,20)21/h2-4,7-8,12H,5-6,9-10H2,1H3,(H,23,25). The Morgan fingerprint density at radius 1 is 1.41 bits per heavy atom. The van der Waals surface area contributed by atoms with Gasteiger partial charge < -0.3 is 19.1 Å². The van der Waals surface area contributed by atoms with Crippen molar-refractivity contribution in [1.82, 2.24) is 10.2 Å². The summed E-state index contributed by atoms with van der Waals surface area (Å²) in [5.74, 6) is -0.194. The summed E-state index contributed by atoms with van der Waals surface area (Å²) >= 11 is 0. The Morgan fingerprint density at radius 2 is 2.21 bits per heavy atom. The SMILES string of the molecule is COC(=O)c1cccc(OCC2COCCN2c2cn[nH]c(=O)c2C(F)(F)F)c1. The van der Waals surface area contributed by atoms with Crippen LogP contribution in [0.25, 0.3) is 0 Å². The number of methoxy groups -OCH3 is 1. The zero-order valence-corrected chi connectivity index (χ0v) is 15.4. The number of alkyl halides is 3. The van der Waals surface area contributed by atoms with Crippen LogP contribution in [0.2, 0.25) is 0 Å². The second-order valence-corrected chi connectivity index (χ2v) is 6.21. The van der Waals surface area contributed by atoms with Crippen molar-refractivity contribution in [1.29, 1.82) is 0 Å². The van der Waals surface area contributed by atoms with Gasteiger partial charge in [0, 0.05) is 6.54 Å². The monoisotopic (exact) mass is 413 g/mol. The second kappa shape index (κ2) is 8.52. The Balaban J connectivity index is 1.83. The van der Waals surface area contributed by atoms with Crippen LogP contribution >= 0.6 is 0 Å². The molecule has 1 atom stereocenters. The first kappa shape index (κ1) is 20.6. The molecule has 8 nitrogen and oxygen atoms in total. The van der Waals surface area contributed by atoms with E-state index in [1.54, 1.807) is 18.2 Å². The van der Waals surface area contributed by atoms with Crippen molar-refractivity contribution in [3.8, 4) is 5.75 Å². The van der Waals surface area contributed by atoms with Crippen molar-refractivity contribution in [2.45, 2.75) is 12.2 Å². The fourth-order valence-electron chi connectivity index (χ4n) is 3.01. The molecule has 11 heteroatoms. The van der Waals surface area contributed by atoms with E-state index in [0.717, 1.165) is 6.20 Å². The van der Waals surface area contributed by atoms with Crippen LogP contribution in [-0.2, 0) is 15.7 Å². The number of benzene rings is 1. The summed E-state index contributed by atoms with van der Waals surface area (Å²) in [6.45, 7) is 0.387. The smallest absolute Gasteiger partial charge is 0.423 e. The Labute approximate surface area is 163 Å². The molecule has 1 unspecified atom stereocenters. The topological polar surface area (TPSA) is 93.8 Å². The largest absolute Gasteiger partial charge is 0.491 e. The van der Waals surface area contributed by atoms with Crippen molar-refractivity contribution >= 4 is 11.7 Å². The lowest BCUT2D eigenvalue weighted by Gasteiger charge is -2.37. The molecule has 2 heterocycles. The number of rotatable bonds is 5. The van der Waals surface area contributed by atoms with Gasteiger partial charge in [0.1, 0.15) is 17.9 Å². The summed E-state index contributed by atoms with van der Waals surface area (Å²) in [4.78, 5) is 24.8. The number of halogens is 3. The van der Waals surface area contributed by atoms with Gasteiger partial charge in [0.15, 0.2) is 0 Å². The third kappa shape index (κ3) is 4.67. The van der Waals surface area contributed by atoms with Crippen molar-refractivity contribution in [3.63, 3.8) is 0 Å². The fraction of sp³-hybridized carbons (Fsp3) is 0.389. The van der Waals surface area contributed by atoms with Crippen molar-refractivity contribution in [2.75, 3.05) is 38.4 Å². The van der Waals surface area contributed by atoms with Crippen molar-refractivity contribution < 1.29 is 32.2 Å². The maximum absolute atomic E-state index is 13.4. The molecule has 29 heavy (non-hydrogen) atoms. The number of ether oxygens (including phenoxy) is 3. The molecule has 1 fully saturated rings. The zero-order valence-electron chi connectivity index (χ0n) is 15.4. The number of aromatic amines is 1. The van der Waals surface area contributed by atoms with Gasteiger partial charge in [-0.2, -0.15) is 18.3 Å². The zero-order chi connectivity index (χ0) is 21.0. The van der Waals surface area contributed by atoms with E-state index in [-0.39, 0.29) is 37.6 Å². The van der Waals surface area contributed by atoms with E-state index < -0.39 is 29.3 Å². The van der Waals surface area contributed by atoms with Crippen LogP contribution in [0.3, 0.4) is 0 Å². The number of carbonyl (C=O) groups excluding carboxylic acids is 1. The van der Waals surface area contributed by atoms with Crippen LogP contribution in [0.15, 0.2) is 35.3 Å². The summed E-state index contributed by atoms with van der Waals surface area (Å²) in [7, 11) is 1.25. The van der Waals surface area contributed by atoms with E-state index in [9.17, 15) is 22.8 Å². The van der Waals surface area contributed by atoms with E-state index in [1.165, 1.54) is 18.1 Å². The molecular formula is C18H18F3N3O5. The first-order chi connectivity index (χ1) is 13.8. The normalized spacial score (nSPS) is 17.1. The van der Waals surface area contributed by atoms with E-state index in [4.69, 9.17) is 9.47 Å². The number of nitrogens with zero attached hydrogens (tertiary/aromatic N) is 2. The molecule has 1 saturated heterocycles. The van der Waals surface area contributed by atoms with Gasteiger partial charge in [0.25, 0.3) is 5.56 Å². The van der Waals surface area contributed by atoms with E-state index >= 15 is 0 Å². The minimum absolute atomic E-state index is 0.0330. The highest BCUT2D eigenvalue weighted by molar-refractivity contribution is 5.89. The number of H-pyrrole nitrogens is 1. The number of nitrogens with one attached hydrogen (secondary N) is 1. The average molecular weight is 413 g/mol. The summed E-state index contributed by atoms with van der Waals surface area (Å²) < 4.78 is 55.9. The lowest BCUT2D eigenvalue weighted by atomic mass is 10.1.